The lowest BCUT2D eigenvalue weighted by Gasteiger charge is -2.30. The number of Topliss-reactive ketones (excluding diaryl/α,β-unsaturated/α-hetero) is 1. The molecule has 0 unspecified atom stereocenters. The Morgan fingerprint density at radius 1 is 1.06 bits per heavy atom. The minimum Gasteiger partial charge on any atom is -0.454 e. The Morgan fingerprint density at radius 2 is 1.68 bits per heavy atom. The van der Waals surface area contributed by atoms with Gasteiger partial charge in [0, 0.05) is 35.7 Å². The molecule has 2 aromatic carbocycles. The number of fused-ring (bicyclic) bond motifs is 1. The summed E-state index contributed by atoms with van der Waals surface area (Å²) >= 11 is 5.84. The second kappa shape index (κ2) is 8.49. The van der Waals surface area contributed by atoms with Crippen LogP contribution in [-0.4, -0.2) is 44.3 Å². The zero-order valence-electron chi connectivity index (χ0n) is 16.8. The van der Waals surface area contributed by atoms with E-state index in [1.165, 1.54) is 35.5 Å². The van der Waals surface area contributed by atoms with E-state index in [9.17, 15) is 18.0 Å². The van der Waals surface area contributed by atoms with Gasteiger partial charge >= 0.3 is 0 Å². The molecule has 0 atom stereocenters. The largest absolute Gasteiger partial charge is 0.454 e. The molecule has 4 rings (SSSR count). The van der Waals surface area contributed by atoms with Crippen molar-refractivity contribution < 1.29 is 27.5 Å². The number of nitrogens with zero attached hydrogens (tertiary/aromatic N) is 1. The van der Waals surface area contributed by atoms with E-state index in [-0.39, 0.29) is 42.4 Å². The minimum absolute atomic E-state index is 0.0601. The van der Waals surface area contributed by atoms with Crippen molar-refractivity contribution in [3.63, 3.8) is 0 Å². The van der Waals surface area contributed by atoms with E-state index < -0.39 is 10.0 Å². The van der Waals surface area contributed by atoms with Gasteiger partial charge < -0.3 is 14.8 Å². The fourth-order valence-electron chi connectivity index (χ4n) is 3.69. The van der Waals surface area contributed by atoms with Gasteiger partial charge in [0.15, 0.2) is 17.3 Å². The first-order chi connectivity index (χ1) is 14.8. The first-order valence-corrected chi connectivity index (χ1v) is 11.6. The number of carbonyl (C=O) groups is 2. The molecule has 2 heterocycles. The molecule has 1 N–H and O–H groups in total. The first-order valence-electron chi connectivity index (χ1n) is 9.77. The van der Waals surface area contributed by atoms with Crippen LogP contribution >= 0.6 is 11.6 Å². The number of sulfonamides is 1. The molecule has 1 amide bonds. The normalized spacial score (nSPS) is 16.8. The van der Waals surface area contributed by atoms with Crippen LogP contribution in [-0.2, 0) is 14.8 Å². The highest BCUT2D eigenvalue weighted by molar-refractivity contribution is 7.89. The van der Waals surface area contributed by atoms with Crippen LogP contribution in [0.15, 0.2) is 41.3 Å². The van der Waals surface area contributed by atoms with E-state index in [0.717, 1.165) is 0 Å². The Hall–Kier alpha value is -2.62. The van der Waals surface area contributed by atoms with Crippen LogP contribution < -0.4 is 14.8 Å². The molecule has 2 aliphatic heterocycles. The second-order valence-electron chi connectivity index (χ2n) is 7.43. The zero-order chi connectivity index (χ0) is 22.2. The molecular formula is C21H21ClN2O6S. The van der Waals surface area contributed by atoms with Gasteiger partial charge in [0.05, 0.1) is 10.6 Å². The van der Waals surface area contributed by atoms with Gasteiger partial charge in [0.2, 0.25) is 22.7 Å². The van der Waals surface area contributed by atoms with E-state index in [2.05, 4.69) is 5.32 Å². The number of ketones is 1. The van der Waals surface area contributed by atoms with Gasteiger partial charge in [-0.15, -0.1) is 0 Å². The number of nitrogens with one attached hydrogen (secondary N) is 1. The Balaban J connectivity index is 1.43. The number of benzene rings is 2. The van der Waals surface area contributed by atoms with Gasteiger partial charge in [0.1, 0.15) is 0 Å². The van der Waals surface area contributed by atoms with Crippen LogP contribution in [0.2, 0.25) is 5.02 Å². The van der Waals surface area contributed by atoms with Crippen LogP contribution in [0.3, 0.4) is 0 Å². The molecule has 10 heteroatoms. The summed E-state index contributed by atoms with van der Waals surface area (Å²) in [5.74, 6) is 0.0809. The lowest BCUT2D eigenvalue weighted by atomic mass is 9.96. The molecule has 164 valence electrons. The third-order valence-corrected chi connectivity index (χ3v) is 7.59. The van der Waals surface area contributed by atoms with Crippen molar-refractivity contribution in [3.8, 4) is 11.5 Å². The first kappa shape index (κ1) is 21.6. The van der Waals surface area contributed by atoms with Gasteiger partial charge in [0.25, 0.3) is 0 Å². The number of amides is 1. The summed E-state index contributed by atoms with van der Waals surface area (Å²) in [6, 6.07) is 9.15. The summed E-state index contributed by atoms with van der Waals surface area (Å²) in [6.45, 7) is 1.92. The molecule has 0 aliphatic carbocycles. The van der Waals surface area contributed by atoms with Gasteiger partial charge in [-0.25, -0.2) is 8.42 Å². The lowest BCUT2D eigenvalue weighted by Crippen LogP contribution is -2.41. The number of ether oxygens (including phenoxy) is 2. The van der Waals surface area contributed by atoms with Crippen molar-refractivity contribution in [3.05, 3.63) is 47.0 Å². The Labute approximate surface area is 185 Å². The van der Waals surface area contributed by atoms with Crippen LogP contribution in [0.1, 0.15) is 30.1 Å². The van der Waals surface area contributed by atoms with E-state index in [0.29, 0.717) is 40.6 Å². The maximum Gasteiger partial charge on any atom is 0.243 e. The topological polar surface area (TPSA) is 102 Å². The van der Waals surface area contributed by atoms with Crippen molar-refractivity contribution in [2.75, 3.05) is 25.2 Å². The van der Waals surface area contributed by atoms with Crippen molar-refractivity contribution in [2.45, 2.75) is 24.7 Å². The van der Waals surface area contributed by atoms with Crippen LogP contribution in [0, 0.1) is 5.92 Å². The van der Waals surface area contributed by atoms with Crippen LogP contribution in [0.25, 0.3) is 0 Å². The lowest BCUT2D eigenvalue weighted by molar-refractivity contribution is -0.120. The van der Waals surface area contributed by atoms with Gasteiger partial charge in [-0.2, -0.15) is 4.31 Å². The summed E-state index contributed by atoms with van der Waals surface area (Å²) < 4.78 is 37.6. The predicted molar refractivity (Wildman–Crippen MR) is 114 cm³/mol. The highest BCUT2D eigenvalue weighted by Gasteiger charge is 2.32. The molecule has 0 saturated carbocycles. The summed E-state index contributed by atoms with van der Waals surface area (Å²) in [5.41, 5.74) is 0.693. The monoisotopic (exact) mass is 464 g/mol. The molecule has 8 nitrogen and oxygen atoms in total. The average molecular weight is 465 g/mol. The second-order valence-corrected chi connectivity index (χ2v) is 9.80. The Kier molecular flexibility index (Phi) is 5.92. The van der Waals surface area contributed by atoms with Crippen LogP contribution in [0.4, 0.5) is 5.69 Å². The Morgan fingerprint density at radius 3 is 2.29 bits per heavy atom. The standard InChI is InChI=1S/C21H21ClN2O6S/c1-13(25)17-10-19-20(30-12-29-19)11-18(17)23-21(26)14-6-8-24(9-7-14)31(27,28)16-4-2-15(22)3-5-16/h2-5,10-11,14H,6-9,12H2,1H3,(H,23,26). The summed E-state index contributed by atoms with van der Waals surface area (Å²) in [6.07, 6.45) is 0.747. The molecule has 0 bridgehead atoms. The number of hydrogen-bond acceptors (Lipinski definition) is 6. The summed E-state index contributed by atoms with van der Waals surface area (Å²) in [5, 5.41) is 3.27. The van der Waals surface area contributed by atoms with Gasteiger partial charge in [-0.3, -0.25) is 9.59 Å². The summed E-state index contributed by atoms with van der Waals surface area (Å²) in [7, 11) is -3.64. The van der Waals surface area contributed by atoms with E-state index in [4.69, 9.17) is 21.1 Å². The number of carbonyl (C=O) groups excluding carboxylic acids is 2. The smallest absolute Gasteiger partial charge is 0.243 e. The molecular weight excluding hydrogens is 444 g/mol. The number of anilines is 1. The zero-order valence-corrected chi connectivity index (χ0v) is 18.3. The molecule has 2 aliphatic rings. The molecule has 0 radical (unpaired) electrons. The predicted octanol–water partition coefficient (Wildman–Crippen LogP) is 3.31. The number of hydrogen-bond donors (Lipinski definition) is 1. The SMILES string of the molecule is CC(=O)c1cc2c(cc1NC(=O)C1CCN(S(=O)(=O)c3ccc(Cl)cc3)CC1)OCO2. The number of halogens is 1. The highest BCUT2D eigenvalue weighted by atomic mass is 35.5. The van der Waals surface area contributed by atoms with Crippen LogP contribution in [0.5, 0.6) is 11.5 Å². The molecule has 31 heavy (non-hydrogen) atoms. The van der Waals surface area contributed by atoms with Crippen molar-refractivity contribution in [2.24, 2.45) is 5.92 Å². The van der Waals surface area contributed by atoms with E-state index >= 15 is 0 Å². The number of piperidine rings is 1. The fourth-order valence-corrected chi connectivity index (χ4v) is 5.28. The molecule has 0 spiro atoms. The van der Waals surface area contributed by atoms with Gasteiger partial charge in [-0.1, -0.05) is 11.6 Å². The quantitative estimate of drug-likeness (QED) is 0.681. The van der Waals surface area contributed by atoms with E-state index in [1.54, 1.807) is 12.1 Å². The molecule has 1 fully saturated rings. The molecule has 0 aromatic heterocycles. The van der Waals surface area contributed by atoms with Gasteiger partial charge in [-0.05, 0) is 50.1 Å². The van der Waals surface area contributed by atoms with Crippen molar-refractivity contribution in [1.82, 2.24) is 4.31 Å². The maximum atomic E-state index is 12.8. The van der Waals surface area contributed by atoms with Crippen molar-refractivity contribution in [1.29, 1.82) is 0 Å². The maximum absolute atomic E-state index is 12.8. The minimum atomic E-state index is -3.64. The Bertz CT molecular complexity index is 1130. The summed E-state index contributed by atoms with van der Waals surface area (Å²) in [4.78, 5) is 25.0. The number of rotatable bonds is 5. The fraction of sp³-hybridized carbons (Fsp3) is 0.333. The molecule has 1 saturated heterocycles. The van der Waals surface area contributed by atoms with E-state index in [1.807, 2.05) is 0 Å². The molecule has 2 aromatic rings. The highest BCUT2D eigenvalue weighted by Crippen LogP contribution is 2.37. The third-order valence-electron chi connectivity index (χ3n) is 5.43. The third kappa shape index (κ3) is 4.39. The average Bonchev–Trinajstić information content (AvgIpc) is 3.21. The van der Waals surface area contributed by atoms with Crippen molar-refractivity contribution >= 4 is 39.0 Å².